The van der Waals surface area contributed by atoms with Crippen molar-refractivity contribution in [2.45, 2.75) is 0 Å². The molecule has 0 spiro atoms. The summed E-state index contributed by atoms with van der Waals surface area (Å²) in [5.41, 5.74) is 1.02. The first kappa shape index (κ1) is 8.28. The van der Waals surface area contributed by atoms with E-state index in [4.69, 9.17) is 6.42 Å². The molecule has 1 rings (SSSR count). The molecule has 0 aliphatic carbocycles. The maximum Gasteiger partial charge on any atom is 0.270 e. The van der Waals surface area contributed by atoms with Crippen molar-refractivity contribution >= 4 is 5.69 Å². The monoisotopic (exact) mass is 160 g/mol. The highest BCUT2D eigenvalue weighted by atomic mass is 16.6. The minimum atomic E-state index is -0.491. The van der Waals surface area contributed by atoms with E-state index < -0.39 is 4.92 Å². The van der Waals surface area contributed by atoms with Gasteiger partial charge in [-0.05, 0) is 18.6 Å². The van der Waals surface area contributed by atoms with E-state index in [1.165, 1.54) is 12.1 Å². The van der Waals surface area contributed by atoms with Crippen molar-refractivity contribution in [1.82, 2.24) is 0 Å². The van der Waals surface area contributed by atoms with E-state index in [-0.39, 0.29) is 5.69 Å². The molecule has 0 fully saturated rings. The molecule has 12 heavy (non-hydrogen) atoms. The van der Waals surface area contributed by atoms with Crippen LogP contribution in [-0.4, -0.2) is 4.92 Å². The normalized spacial score (nSPS) is 9.00. The number of rotatable bonds is 1. The lowest BCUT2D eigenvalue weighted by molar-refractivity contribution is -0.384. The molecule has 3 heteroatoms. The van der Waals surface area contributed by atoms with Gasteiger partial charge >= 0.3 is 0 Å². The van der Waals surface area contributed by atoms with Crippen LogP contribution in [0.15, 0.2) is 18.2 Å². The maximum atomic E-state index is 10.3. The van der Waals surface area contributed by atoms with E-state index in [1.807, 2.05) is 0 Å². The van der Waals surface area contributed by atoms with Crippen LogP contribution in [0.3, 0.4) is 0 Å². The number of nitro benzene ring substituents is 1. The van der Waals surface area contributed by atoms with Crippen LogP contribution in [0, 0.1) is 29.4 Å². The van der Waals surface area contributed by atoms with Crippen molar-refractivity contribution in [3.63, 3.8) is 0 Å². The first-order valence-corrected chi connectivity index (χ1v) is 3.21. The zero-order chi connectivity index (χ0) is 9.14. The number of hydrogen-bond donors (Lipinski definition) is 0. The van der Waals surface area contributed by atoms with Gasteiger partial charge in [0.2, 0.25) is 0 Å². The predicted octanol–water partition coefficient (Wildman–Crippen LogP) is 1.76. The van der Waals surface area contributed by atoms with E-state index >= 15 is 0 Å². The summed E-state index contributed by atoms with van der Waals surface area (Å²) in [5.74, 6) is 2.32. The van der Waals surface area contributed by atoms with Crippen LogP contribution in [0.25, 0.3) is 0 Å². The van der Waals surface area contributed by atoms with Crippen LogP contribution in [0.1, 0.15) is 11.1 Å². The second-order valence-corrected chi connectivity index (χ2v) is 2.29. The van der Waals surface area contributed by atoms with Gasteiger partial charge in [0, 0.05) is 17.7 Å². The third-order valence-corrected chi connectivity index (χ3v) is 1.36. The van der Waals surface area contributed by atoms with Gasteiger partial charge in [0.05, 0.1) is 4.92 Å². The topological polar surface area (TPSA) is 43.1 Å². The van der Waals surface area contributed by atoms with Crippen LogP contribution in [0.2, 0.25) is 0 Å². The van der Waals surface area contributed by atoms with Crippen molar-refractivity contribution in [1.29, 1.82) is 0 Å². The Balaban J connectivity index is 3.26. The van der Waals surface area contributed by atoms with Crippen molar-refractivity contribution in [3.05, 3.63) is 46.4 Å². The fourth-order valence-corrected chi connectivity index (χ4v) is 0.863. The summed E-state index contributed by atoms with van der Waals surface area (Å²) in [5, 5.41) is 10.3. The van der Waals surface area contributed by atoms with Crippen molar-refractivity contribution in [3.8, 4) is 12.3 Å². The Hall–Kier alpha value is -1.82. The number of nitrogens with zero attached hydrogens (tertiary/aromatic N) is 1. The van der Waals surface area contributed by atoms with Gasteiger partial charge in [0.25, 0.3) is 5.69 Å². The van der Waals surface area contributed by atoms with Gasteiger partial charge < -0.3 is 0 Å². The van der Waals surface area contributed by atoms with Crippen LogP contribution < -0.4 is 0 Å². The van der Waals surface area contributed by atoms with Gasteiger partial charge in [-0.1, -0.05) is 5.92 Å². The first-order chi connectivity index (χ1) is 5.63. The lowest BCUT2D eigenvalue weighted by atomic mass is 10.1. The molecule has 0 atom stereocenters. The van der Waals surface area contributed by atoms with Gasteiger partial charge in [-0.3, -0.25) is 10.1 Å². The van der Waals surface area contributed by atoms with E-state index in [0.29, 0.717) is 11.1 Å². The van der Waals surface area contributed by atoms with Crippen LogP contribution >= 0.6 is 0 Å². The molecule has 0 saturated heterocycles. The highest BCUT2D eigenvalue weighted by Gasteiger charge is 2.05. The molecule has 1 aromatic carbocycles. The third-order valence-electron chi connectivity index (χ3n) is 1.36. The molecule has 0 aliphatic heterocycles. The Labute approximate surface area is 70.2 Å². The highest BCUT2D eigenvalue weighted by Crippen LogP contribution is 2.15. The molecule has 0 unspecified atom stereocenters. The van der Waals surface area contributed by atoms with E-state index in [9.17, 15) is 10.1 Å². The van der Waals surface area contributed by atoms with Gasteiger partial charge in [-0.15, -0.1) is 6.42 Å². The predicted molar refractivity (Wildman–Crippen MR) is 45.5 cm³/mol. The zero-order valence-electron chi connectivity index (χ0n) is 6.28. The number of hydrogen-bond acceptors (Lipinski definition) is 2. The molecule has 1 aromatic rings. The van der Waals surface area contributed by atoms with Crippen LogP contribution in [0.5, 0.6) is 0 Å². The van der Waals surface area contributed by atoms with E-state index in [0.717, 1.165) is 0 Å². The van der Waals surface area contributed by atoms with Gasteiger partial charge in [-0.2, -0.15) is 0 Å². The van der Waals surface area contributed by atoms with Gasteiger partial charge in [0.1, 0.15) is 0 Å². The summed E-state index contributed by atoms with van der Waals surface area (Å²) in [4.78, 5) is 9.84. The second-order valence-electron chi connectivity index (χ2n) is 2.29. The molecule has 0 saturated carbocycles. The second kappa shape index (κ2) is 3.05. The summed E-state index contributed by atoms with van der Waals surface area (Å²) >= 11 is 0. The van der Waals surface area contributed by atoms with Crippen molar-refractivity contribution in [2.24, 2.45) is 0 Å². The first-order valence-electron chi connectivity index (χ1n) is 3.21. The van der Waals surface area contributed by atoms with Crippen molar-refractivity contribution in [2.75, 3.05) is 0 Å². The third kappa shape index (κ3) is 1.61. The quantitative estimate of drug-likeness (QED) is 0.357. The molecule has 0 aromatic heterocycles. The highest BCUT2D eigenvalue weighted by molar-refractivity contribution is 5.46. The van der Waals surface area contributed by atoms with Gasteiger partial charge in [-0.25, -0.2) is 0 Å². The van der Waals surface area contributed by atoms with Gasteiger partial charge in [0.15, 0.2) is 0 Å². The van der Waals surface area contributed by atoms with E-state index in [1.54, 1.807) is 6.07 Å². The Morgan fingerprint density at radius 1 is 1.50 bits per heavy atom. The molecule has 0 bridgehead atoms. The Morgan fingerprint density at radius 3 is 2.67 bits per heavy atom. The summed E-state index contributed by atoms with van der Waals surface area (Å²) in [6, 6.07) is 4.34. The smallest absolute Gasteiger partial charge is 0.258 e. The van der Waals surface area contributed by atoms with Crippen molar-refractivity contribution < 1.29 is 4.92 Å². The standard InChI is InChI=1S/C9H6NO2/c1-3-8-4-7(2)5-9(6-8)10(11)12/h1,4-6H,2H2. The number of non-ortho nitro benzene ring substituents is 1. The van der Waals surface area contributed by atoms with Crippen LogP contribution in [-0.2, 0) is 0 Å². The molecular weight excluding hydrogens is 154 g/mol. The average molecular weight is 160 g/mol. The fourth-order valence-electron chi connectivity index (χ4n) is 0.863. The molecular formula is C9H6NO2. The Morgan fingerprint density at radius 2 is 2.17 bits per heavy atom. The number of benzene rings is 1. The molecule has 3 nitrogen and oxygen atoms in total. The number of terminal acetylenes is 1. The van der Waals surface area contributed by atoms with E-state index in [2.05, 4.69) is 12.8 Å². The molecule has 0 aliphatic rings. The average Bonchev–Trinajstić information content (AvgIpc) is 2.03. The molecule has 1 radical (unpaired) electrons. The lowest BCUT2D eigenvalue weighted by Gasteiger charge is -1.95. The molecule has 0 N–H and O–H groups in total. The van der Waals surface area contributed by atoms with Crippen LogP contribution in [0.4, 0.5) is 5.69 Å². The Kier molecular flexibility index (Phi) is 2.11. The lowest BCUT2D eigenvalue weighted by Crippen LogP contribution is -1.89. The number of nitro groups is 1. The summed E-state index contributed by atoms with van der Waals surface area (Å²) in [7, 11) is 0. The maximum absolute atomic E-state index is 10.3. The molecule has 59 valence electrons. The largest absolute Gasteiger partial charge is 0.270 e. The molecule has 0 amide bonds. The SMILES string of the molecule is C#Cc1cc([CH2])cc([N+](=O)[O-])c1. The minimum absolute atomic E-state index is 0.0181. The fraction of sp³-hybridized carbons (Fsp3) is 0. The zero-order valence-corrected chi connectivity index (χ0v) is 6.28. The summed E-state index contributed by atoms with van der Waals surface area (Å²) in [6.45, 7) is 3.57. The minimum Gasteiger partial charge on any atom is -0.258 e. The summed E-state index contributed by atoms with van der Waals surface area (Å²) in [6.07, 6.45) is 5.09. The molecule has 0 heterocycles. The Bertz CT molecular complexity index is 363. The summed E-state index contributed by atoms with van der Waals surface area (Å²) < 4.78 is 0.